The van der Waals surface area contributed by atoms with Crippen molar-refractivity contribution in [2.75, 3.05) is 7.11 Å². The van der Waals surface area contributed by atoms with Crippen LogP contribution in [0.5, 0.6) is 5.75 Å². The molecule has 1 heterocycles. The lowest BCUT2D eigenvalue weighted by atomic mass is 10.1. The molecule has 0 aliphatic rings. The third kappa shape index (κ3) is 3.80. The minimum Gasteiger partial charge on any atom is -0.497 e. The highest BCUT2D eigenvalue weighted by molar-refractivity contribution is 7.99. The number of hydrogen-bond acceptors (Lipinski definition) is 4. The van der Waals surface area contributed by atoms with Gasteiger partial charge in [-0.2, -0.15) is 5.10 Å². The summed E-state index contributed by atoms with van der Waals surface area (Å²) < 4.78 is 7.14. The third-order valence-corrected chi connectivity index (χ3v) is 4.77. The summed E-state index contributed by atoms with van der Waals surface area (Å²) in [7, 11) is 3.66. The predicted octanol–water partition coefficient (Wildman–Crippen LogP) is 3.17. The Kier molecular flexibility index (Phi) is 5.31. The van der Waals surface area contributed by atoms with E-state index in [1.807, 2.05) is 23.9 Å². The molecule has 0 aliphatic heterocycles. The Balaban J connectivity index is 2.25. The van der Waals surface area contributed by atoms with Gasteiger partial charge in [0.05, 0.1) is 12.8 Å². The molecule has 1 atom stereocenters. The average molecular weight is 305 g/mol. The molecule has 0 spiro atoms. The van der Waals surface area contributed by atoms with E-state index in [0.717, 1.165) is 24.3 Å². The van der Waals surface area contributed by atoms with E-state index in [-0.39, 0.29) is 6.04 Å². The van der Waals surface area contributed by atoms with Crippen molar-refractivity contribution in [3.63, 3.8) is 0 Å². The minimum absolute atomic E-state index is 0.183. The normalized spacial score (nSPS) is 12.4. The number of nitrogens with zero attached hydrogens (tertiary/aromatic N) is 2. The first-order chi connectivity index (χ1) is 10.0. The van der Waals surface area contributed by atoms with Gasteiger partial charge in [0.2, 0.25) is 0 Å². The fourth-order valence-electron chi connectivity index (χ4n) is 2.21. The second-order valence-electron chi connectivity index (χ2n) is 5.14. The van der Waals surface area contributed by atoms with Crippen LogP contribution in [0.1, 0.15) is 24.6 Å². The quantitative estimate of drug-likeness (QED) is 0.890. The van der Waals surface area contributed by atoms with Gasteiger partial charge in [-0.3, -0.25) is 4.68 Å². The van der Waals surface area contributed by atoms with Gasteiger partial charge in [-0.25, -0.2) is 0 Å². The molecule has 0 saturated carbocycles. The summed E-state index contributed by atoms with van der Waals surface area (Å²) >= 11 is 1.72. The predicted molar refractivity (Wildman–Crippen MR) is 87.0 cm³/mol. The summed E-state index contributed by atoms with van der Waals surface area (Å²) in [5.41, 5.74) is 8.44. The fourth-order valence-corrected chi connectivity index (χ4v) is 3.23. The highest BCUT2D eigenvalue weighted by atomic mass is 32.2. The molecule has 0 amide bonds. The Bertz CT molecular complexity index is 592. The minimum atomic E-state index is 0.183. The number of methoxy groups -OCH3 is 1. The molecule has 1 aromatic heterocycles. The molecular weight excluding hydrogens is 282 g/mol. The van der Waals surface area contributed by atoms with Crippen LogP contribution in [0.4, 0.5) is 0 Å². The van der Waals surface area contributed by atoms with Crippen molar-refractivity contribution in [3.8, 4) is 5.75 Å². The van der Waals surface area contributed by atoms with E-state index >= 15 is 0 Å². The molecule has 0 aliphatic carbocycles. The van der Waals surface area contributed by atoms with Crippen LogP contribution in [0.15, 0.2) is 34.2 Å². The maximum Gasteiger partial charge on any atom is 0.118 e. The highest BCUT2D eigenvalue weighted by Gasteiger charge is 2.16. The van der Waals surface area contributed by atoms with Gasteiger partial charge in [-0.1, -0.05) is 18.7 Å². The molecule has 4 nitrogen and oxygen atoms in total. The number of aryl methyl sites for hydroxylation is 2. The van der Waals surface area contributed by atoms with Crippen molar-refractivity contribution in [1.29, 1.82) is 0 Å². The first-order valence-electron chi connectivity index (χ1n) is 7.15. The van der Waals surface area contributed by atoms with Crippen LogP contribution in [0, 0.1) is 6.92 Å². The number of ether oxygens (including phenoxy) is 1. The van der Waals surface area contributed by atoms with Crippen LogP contribution in [0.25, 0.3) is 0 Å². The lowest BCUT2D eigenvalue weighted by molar-refractivity contribution is 0.414. The monoisotopic (exact) mass is 305 g/mol. The van der Waals surface area contributed by atoms with Gasteiger partial charge in [-0.15, -0.1) is 0 Å². The molecular formula is C16H23N3OS. The second kappa shape index (κ2) is 7.00. The molecule has 1 unspecified atom stereocenters. The lowest BCUT2D eigenvalue weighted by Gasteiger charge is -2.11. The van der Waals surface area contributed by atoms with Gasteiger partial charge < -0.3 is 10.5 Å². The topological polar surface area (TPSA) is 53.1 Å². The standard InChI is InChI=1S/C16H23N3OS/c1-5-12(17)10-15-11(2)18-19(3)16(15)21-14-8-6-13(20-4)7-9-14/h6-9,12H,5,10,17H2,1-4H3. The molecule has 0 saturated heterocycles. The molecule has 2 rings (SSSR count). The van der Waals surface area contributed by atoms with Crippen molar-refractivity contribution < 1.29 is 4.74 Å². The van der Waals surface area contributed by atoms with Crippen LogP contribution in [0.2, 0.25) is 0 Å². The first kappa shape index (κ1) is 15.9. The van der Waals surface area contributed by atoms with Crippen molar-refractivity contribution in [2.45, 2.75) is 42.7 Å². The lowest BCUT2D eigenvalue weighted by Crippen LogP contribution is -2.21. The molecule has 5 heteroatoms. The zero-order valence-corrected chi connectivity index (χ0v) is 13.9. The molecule has 2 N–H and O–H groups in total. The first-order valence-corrected chi connectivity index (χ1v) is 7.96. The number of aromatic nitrogens is 2. The molecule has 21 heavy (non-hydrogen) atoms. The Morgan fingerprint density at radius 1 is 1.33 bits per heavy atom. The Morgan fingerprint density at radius 2 is 2.00 bits per heavy atom. The summed E-state index contributed by atoms with van der Waals surface area (Å²) in [6.45, 7) is 4.17. The number of benzene rings is 1. The Morgan fingerprint density at radius 3 is 2.57 bits per heavy atom. The fraction of sp³-hybridized carbons (Fsp3) is 0.438. The van der Waals surface area contributed by atoms with E-state index < -0.39 is 0 Å². The maximum atomic E-state index is 6.12. The highest BCUT2D eigenvalue weighted by Crippen LogP contribution is 2.33. The molecule has 114 valence electrons. The van der Waals surface area contributed by atoms with Crippen molar-refractivity contribution in [2.24, 2.45) is 12.8 Å². The van der Waals surface area contributed by atoms with Crippen molar-refractivity contribution in [3.05, 3.63) is 35.5 Å². The van der Waals surface area contributed by atoms with E-state index in [2.05, 4.69) is 31.1 Å². The zero-order valence-electron chi connectivity index (χ0n) is 13.1. The Hall–Kier alpha value is -1.46. The van der Waals surface area contributed by atoms with Gasteiger partial charge in [0, 0.05) is 23.5 Å². The molecule has 2 aromatic rings. The number of hydrogen-bond donors (Lipinski definition) is 1. The second-order valence-corrected chi connectivity index (χ2v) is 6.20. The summed E-state index contributed by atoms with van der Waals surface area (Å²) in [6.07, 6.45) is 1.84. The molecule has 1 aromatic carbocycles. The summed E-state index contributed by atoms with van der Waals surface area (Å²) in [4.78, 5) is 1.17. The average Bonchev–Trinajstić information content (AvgIpc) is 2.74. The van der Waals surface area contributed by atoms with Crippen LogP contribution in [-0.2, 0) is 13.5 Å². The van der Waals surface area contributed by atoms with Crippen LogP contribution in [-0.4, -0.2) is 22.9 Å². The van der Waals surface area contributed by atoms with E-state index in [4.69, 9.17) is 10.5 Å². The van der Waals surface area contributed by atoms with Gasteiger partial charge in [0.15, 0.2) is 0 Å². The Labute approximate surface area is 130 Å². The largest absolute Gasteiger partial charge is 0.497 e. The van der Waals surface area contributed by atoms with E-state index in [1.54, 1.807) is 18.9 Å². The van der Waals surface area contributed by atoms with E-state index in [0.29, 0.717) is 0 Å². The van der Waals surface area contributed by atoms with E-state index in [9.17, 15) is 0 Å². The molecule has 0 radical (unpaired) electrons. The van der Waals surface area contributed by atoms with Crippen LogP contribution >= 0.6 is 11.8 Å². The van der Waals surface area contributed by atoms with E-state index in [1.165, 1.54) is 15.5 Å². The van der Waals surface area contributed by atoms with Gasteiger partial charge in [0.1, 0.15) is 10.8 Å². The van der Waals surface area contributed by atoms with Crippen LogP contribution in [0.3, 0.4) is 0 Å². The van der Waals surface area contributed by atoms with Gasteiger partial charge >= 0.3 is 0 Å². The van der Waals surface area contributed by atoms with Gasteiger partial charge in [-0.05, 0) is 44.0 Å². The smallest absolute Gasteiger partial charge is 0.118 e. The third-order valence-electron chi connectivity index (χ3n) is 3.55. The molecule has 0 bridgehead atoms. The number of nitrogens with two attached hydrogens (primary N) is 1. The van der Waals surface area contributed by atoms with Crippen LogP contribution < -0.4 is 10.5 Å². The summed E-state index contributed by atoms with van der Waals surface area (Å²) in [6, 6.07) is 8.26. The summed E-state index contributed by atoms with van der Waals surface area (Å²) in [5, 5.41) is 5.71. The maximum absolute atomic E-state index is 6.12. The summed E-state index contributed by atoms with van der Waals surface area (Å²) in [5.74, 6) is 0.869. The van der Waals surface area contributed by atoms with Crippen molar-refractivity contribution in [1.82, 2.24) is 9.78 Å². The number of rotatable bonds is 6. The SMILES string of the molecule is CCC(N)Cc1c(C)nn(C)c1Sc1ccc(OC)cc1. The van der Waals surface area contributed by atoms with Crippen molar-refractivity contribution >= 4 is 11.8 Å². The van der Waals surface area contributed by atoms with Gasteiger partial charge in [0.25, 0.3) is 0 Å². The zero-order chi connectivity index (χ0) is 15.4. The molecule has 0 fully saturated rings.